The maximum absolute atomic E-state index is 12.8. The van der Waals surface area contributed by atoms with Crippen LogP contribution in [0.1, 0.15) is 42.1 Å². The van der Waals surface area contributed by atoms with Crippen molar-refractivity contribution in [3.8, 4) is 5.69 Å². The van der Waals surface area contributed by atoms with Gasteiger partial charge in [-0.1, -0.05) is 12.5 Å². The second-order valence-corrected chi connectivity index (χ2v) is 5.36. The number of rotatable bonds is 1. The van der Waals surface area contributed by atoms with Gasteiger partial charge in [0.05, 0.1) is 17.4 Å². The van der Waals surface area contributed by atoms with Gasteiger partial charge in [0.15, 0.2) is 0 Å². The van der Waals surface area contributed by atoms with Crippen molar-refractivity contribution in [2.75, 3.05) is 0 Å². The lowest BCUT2D eigenvalue weighted by atomic mass is 10.1. The summed E-state index contributed by atoms with van der Waals surface area (Å²) in [6.45, 7) is 0. The maximum Gasteiger partial charge on any atom is 0.416 e. The predicted octanol–water partition coefficient (Wildman–Crippen LogP) is 3.62. The number of alkyl halides is 3. The van der Waals surface area contributed by atoms with E-state index in [2.05, 4.69) is 5.10 Å². The molecule has 1 heterocycles. The van der Waals surface area contributed by atoms with Gasteiger partial charge in [0, 0.05) is 17.3 Å². The number of fused-ring (bicyclic) bond motifs is 1. The summed E-state index contributed by atoms with van der Waals surface area (Å²) in [7, 11) is 0. The zero-order valence-electron chi connectivity index (χ0n) is 11.4. The quantitative estimate of drug-likeness (QED) is 0.817. The SMILES string of the molecule is NC1CCCCc2c1cnn2-c1cccc(C(F)(F)F)c1. The molecule has 0 fully saturated rings. The standard InChI is InChI=1S/C15H16F3N3/c16-15(17,18)10-4-3-5-11(8-10)21-14-7-2-1-6-13(19)12(14)9-20-21/h3-5,8-9,13H,1-2,6-7,19H2. The van der Waals surface area contributed by atoms with E-state index in [0.29, 0.717) is 5.69 Å². The van der Waals surface area contributed by atoms with Crippen molar-refractivity contribution in [3.05, 3.63) is 47.3 Å². The van der Waals surface area contributed by atoms with E-state index in [0.717, 1.165) is 49.1 Å². The number of nitrogens with zero attached hydrogens (tertiary/aromatic N) is 2. The van der Waals surface area contributed by atoms with Crippen molar-refractivity contribution in [3.63, 3.8) is 0 Å². The molecule has 1 aromatic heterocycles. The Balaban J connectivity index is 2.06. The van der Waals surface area contributed by atoms with Gasteiger partial charge in [-0.25, -0.2) is 4.68 Å². The van der Waals surface area contributed by atoms with Gasteiger partial charge in [-0.05, 0) is 37.5 Å². The number of benzene rings is 1. The highest BCUT2D eigenvalue weighted by molar-refractivity contribution is 5.40. The first-order chi connectivity index (χ1) is 9.97. The summed E-state index contributed by atoms with van der Waals surface area (Å²) in [5.41, 5.74) is 7.75. The molecule has 3 nitrogen and oxygen atoms in total. The van der Waals surface area contributed by atoms with Crippen LogP contribution >= 0.6 is 0 Å². The lowest BCUT2D eigenvalue weighted by Gasteiger charge is -2.12. The molecule has 3 rings (SSSR count). The molecule has 2 aromatic rings. The molecule has 0 bridgehead atoms. The lowest BCUT2D eigenvalue weighted by molar-refractivity contribution is -0.137. The Bertz CT molecular complexity index is 646. The van der Waals surface area contributed by atoms with Crippen LogP contribution in [-0.2, 0) is 12.6 Å². The fourth-order valence-corrected chi connectivity index (χ4v) is 2.80. The van der Waals surface area contributed by atoms with Crippen LogP contribution in [0.4, 0.5) is 13.2 Å². The predicted molar refractivity (Wildman–Crippen MR) is 73.0 cm³/mol. The van der Waals surface area contributed by atoms with E-state index in [4.69, 9.17) is 5.73 Å². The smallest absolute Gasteiger partial charge is 0.324 e. The van der Waals surface area contributed by atoms with Crippen LogP contribution in [0, 0.1) is 0 Å². The first-order valence-corrected chi connectivity index (χ1v) is 6.97. The van der Waals surface area contributed by atoms with E-state index in [1.54, 1.807) is 16.9 Å². The Morgan fingerprint density at radius 3 is 2.81 bits per heavy atom. The Hall–Kier alpha value is -1.82. The molecule has 0 spiro atoms. The summed E-state index contributed by atoms with van der Waals surface area (Å²) in [6.07, 6.45) is 1.02. The van der Waals surface area contributed by atoms with Gasteiger partial charge in [-0.3, -0.25) is 0 Å². The van der Waals surface area contributed by atoms with Gasteiger partial charge < -0.3 is 5.73 Å². The molecule has 6 heteroatoms. The molecule has 112 valence electrons. The number of aromatic nitrogens is 2. The third-order valence-corrected chi connectivity index (χ3v) is 3.90. The maximum atomic E-state index is 12.8. The van der Waals surface area contributed by atoms with Gasteiger partial charge in [0.2, 0.25) is 0 Å². The fourth-order valence-electron chi connectivity index (χ4n) is 2.80. The monoisotopic (exact) mass is 295 g/mol. The van der Waals surface area contributed by atoms with Gasteiger partial charge >= 0.3 is 6.18 Å². The summed E-state index contributed by atoms with van der Waals surface area (Å²) in [6, 6.07) is 5.16. The molecule has 2 N–H and O–H groups in total. The van der Waals surface area contributed by atoms with Crippen molar-refractivity contribution >= 4 is 0 Å². The molecule has 21 heavy (non-hydrogen) atoms. The van der Waals surface area contributed by atoms with E-state index < -0.39 is 11.7 Å². The van der Waals surface area contributed by atoms with E-state index >= 15 is 0 Å². The topological polar surface area (TPSA) is 43.8 Å². The van der Waals surface area contributed by atoms with Gasteiger partial charge in [0.25, 0.3) is 0 Å². The van der Waals surface area contributed by atoms with Crippen LogP contribution in [0.3, 0.4) is 0 Å². The summed E-state index contributed by atoms with van der Waals surface area (Å²) >= 11 is 0. The second kappa shape index (κ2) is 5.18. The number of halogens is 3. The Kier molecular flexibility index (Phi) is 3.49. The van der Waals surface area contributed by atoms with Crippen LogP contribution in [-0.4, -0.2) is 9.78 Å². The minimum Gasteiger partial charge on any atom is -0.324 e. The highest BCUT2D eigenvalue weighted by Crippen LogP contribution is 2.32. The Morgan fingerprint density at radius 1 is 1.24 bits per heavy atom. The number of nitrogens with two attached hydrogens (primary N) is 1. The third kappa shape index (κ3) is 2.68. The highest BCUT2D eigenvalue weighted by Gasteiger charge is 2.31. The van der Waals surface area contributed by atoms with Crippen molar-refractivity contribution in [1.29, 1.82) is 0 Å². The van der Waals surface area contributed by atoms with Gasteiger partial charge in [-0.2, -0.15) is 18.3 Å². The largest absolute Gasteiger partial charge is 0.416 e. The van der Waals surface area contributed by atoms with Crippen LogP contribution in [0.15, 0.2) is 30.5 Å². The van der Waals surface area contributed by atoms with Crippen molar-refractivity contribution < 1.29 is 13.2 Å². The first-order valence-electron chi connectivity index (χ1n) is 6.97. The lowest BCUT2D eigenvalue weighted by Crippen LogP contribution is -2.11. The minimum absolute atomic E-state index is 0.0814. The van der Waals surface area contributed by atoms with Gasteiger partial charge in [0.1, 0.15) is 0 Å². The summed E-state index contributed by atoms with van der Waals surface area (Å²) in [4.78, 5) is 0. The number of hydrogen-bond donors (Lipinski definition) is 1. The Labute approximate surface area is 120 Å². The van der Waals surface area contributed by atoms with Crippen LogP contribution in [0.25, 0.3) is 5.69 Å². The molecule has 0 amide bonds. The zero-order chi connectivity index (χ0) is 15.0. The van der Waals surface area contributed by atoms with Gasteiger partial charge in [-0.15, -0.1) is 0 Å². The molecule has 0 aliphatic heterocycles. The van der Waals surface area contributed by atoms with E-state index in [1.165, 1.54) is 6.07 Å². The molecule has 1 atom stereocenters. The molecular formula is C15H16F3N3. The van der Waals surface area contributed by atoms with Crippen LogP contribution in [0.5, 0.6) is 0 Å². The molecule has 0 radical (unpaired) electrons. The average molecular weight is 295 g/mol. The minimum atomic E-state index is -4.35. The molecular weight excluding hydrogens is 279 g/mol. The normalized spacial score (nSPS) is 19.1. The van der Waals surface area contributed by atoms with Crippen LogP contribution in [0.2, 0.25) is 0 Å². The first kappa shape index (κ1) is 14.1. The fraction of sp³-hybridized carbons (Fsp3) is 0.400. The van der Waals surface area contributed by atoms with Crippen molar-refractivity contribution in [2.45, 2.75) is 37.9 Å². The van der Waals surface area contributed by atoms with E-state index in [-0.39, 0.29) is 6.04 Å². The van der Waals surface area contributed by atoms with Crippen molar-refractivity contribution in [1.82, 2.24) is 9.78 Å². The number of hydrogen-bond acceptors (Lipinski definition) is 2. The van der Waals surface area contributed by atoms with Crippen LogP contribution < -0.4 is 5.73 Å². The van der Waals surface area contributed by atoms with E-state index in [9.17, 15) is 13.2 Å². The zero-order valence-corrected chi connectivity index (χ0v) is 11.4. The molecule has 1 unspecified atom stereocenters. The van der Waals surface area contributed by atoms with Crippen molar-refractivity contribution in [2.24, 2.45) is 5.73 Å². The highest BCUT2D eigenvalue weighted by atomic mass is 19.4. The molecule has 0 saturated carbocycles. The molecule has 1 aliphatic rings. The molecule has 0 saturated heterocycles. The molecule has 1 aliphatic carbocycles. The summed E-state index contributed by atoms with van der Waals surface area (Å²) < 4.78 is 40.1. The average Bonchev–Trinajstić information content (AvgIpc) is 2.78. The summed E-state index contributed by atoms with van der Waals surface area (Å²) in [5, 5.41) is 4.25. The summed E-state index contributed by atoms with van der Waals surface area (Å²) in [5.74, 6) is 0. The van der Waals surface area contributed by atoms with E-state index in [1.807, 2.05) is 0 Å². The Morgan fingerprint density at radius 2 is 2.05 bits per heavy atom. The third-order valence-electron chi connectivity index (χ3n) is 3.90. The second-order valence-electron chi connectivity index (χ2n) is 5.36. The molecule has 1 aromatic carbocycles.